The maximum atomic E-state index is 12.7. The van der Waals surface area contributed by atoms with E-state index in [1.165, 1.54) is 11.0 Å². The van der Waals surface area contributed by atoms with Gasteiger partial charge in [-0.1, -0.05) is 12.8 Å². The zero-order chi connectivity index (χ0) is 20.6. The first-order chi connectivity index (χ1) is 13.8. The largest absolute Gasteiger partial charge is 0.417 e. The molecule has 3 fully saturated rings. The quantitative estimate of drug-likeness (QED) is 0.718. The number of imide groups is 1. The molecule has 3 heterocycles. The van der Waals surface area contributed by atoms with Crippen LogP contribution in [0.15, 0.2) is 18.3 Å². The zero-order valence-corrected chi connectivity index (χ0v) is 16.2. The van der Waals surface area contributed by atoms with Gasteiger partial charge in [-0.15, -0.1) is 0 Å². The highest BCUT2D eigenvalue weighted by molar-refractivity contribution is 6.05. The van der Waals surface area contributed by atoms with Crippen molar-refractivity contribution in [3.8, 4) is 0 Å². The number of carbonyl (C=O) groups is 2. The molecule has 29 heavy (non-hydrogen) atoms. The van der Waals surface area contributed by atoms with E-state index in [0.717, 1.165) is 50.9 Å². The first-order valence-electron chi connectivity index (χ1n) is 10.2. The number of alkyl halides is 3. The highest BCUT2D eigenvalue weighted by atomic mass is 19.4. The summed E-state index contributed by atoms with van der Waals surface area (Å²) in [5.74, 6) is 0.154. The molecule has 0 N–H and O–H groups in total. The molecule has 2 amide bonds. The second-order valence-electron chi connectivity index (χ2n) is 8.10. The number of likely N-dealkylation sites (tertiary alicyclic amines) is 1. The lowest BCUT2D eigenvalue weighted by Gasteiger charge is -2.26. The van der Waals surface area contributed by atoms with Gasteiger partial charge < -0.3 is 4.90 Å². The summed E-state index contributed by atoms with van der Waals surface area (Å²) in [5, 5.41) is 0. The van der Waals surface area contributed by atoms with Gasteiger partial charge in [0.05, 0.1) is 24.1 Å². The summed E-state index contributed by atoms with van der Waals surface area (Å²) >= 11 is 0. The van der Waals surface area contributed by atoms with Crippen molar-refractivity contribution in [1.82, 2.24) is 14.8 Å². The van der Waals surface area contributed by atoms with Crippen molar-refractivity contribution in [3.05, 3.63) is 23.9 Å². The molecule has 0 radical (unpaired) electrons. The molecule has 3 aliphatic rings. The standard InChI is InChI=1S/C20H25F3N4O2/c21-20(22,23)14-6-7-17(24-12-14)26-9-3-8-25(10-11-26)13-27-18(28)15-4-1-2-5-16(15)19(27)29/h6-7,12,15-16H,1-5,8-11,13H2/t15-,16+. The molecule has 1 aliphatic carbocycles. The molecule has 1 saturated carbocycles. The fraction of sp³-hybridized carbons (Fsp3) is 0.650. The zero-order valence-electron chi connectivity index (χ0n) is 16.2. The Morgan fingerprint density at radius 1 is 0.931 bits per heavy atom. The Morgan fingerprint density at radius 2 is 1.62 bits per heavy atom. The topological polar surface area (TPSA) is 56.8 Å². The average Bonchev–Trinajstić information content (AvgIpc) is 2.87. The highest BCUT2D eigenvalue weighted by Gasteiger charge is 2.48. The summed E-state index contributed by atoms with van der Waals surface area (Å²) < 4.78 is 38.2. The Kier molecular flexibility index (Phi) is 5.50. The predicted octanol–water partition coefficient (Wildman–Crippen LogP) is 2.75. The number of hydrogen-bond donors (Lipinski definition) is 0. The summed E-state index contributed by atoms with van der Waals surface area (Å²) in [7, 11) is 0. The number of anilines is 1. The third kappa shape index (κ3) is 4.10. The Balaban J connectivity index is 1.37. The molecule has 0 spiro atoms. The lowest BCUT2D eigenvalue weighted by Crippen LogP contribution is -2.43. The van der Waals surface area contributed by atoms with Crippen molar-refractivity contribution >= 4 is 17.6 Å². The Morgan fingerprint density at radius 3 is 2.21 bits per heavy atom. The fourth-order valence-corrected chi connectivity index (χ4v) is 4.65. The van der Waals surface area contributed by atoms with Gasteiger partial charge in [0.25, 0.3) is 0 Å². The molecule has 9 heteroatoms. The van der Waals surface area contributed by atoms with Crippen molar-refractivity contribution in [2.24, 2.45) is 11.8 Å². The van der Waals surface area contributed by atoms with E-state index in [9.17, 15) is 22.8 Å². The molecule has 158 valence electrons. The van der Waals surface area contributed by atoms with Gasteiger partial charge in [-0.3, -0.25) is 19.4 Å². The van der Waals surface area contributed by atoms with Crippen LogP contribution < -0.4 is 4.90 Å². The van der Waals surface area contributed by atoms with E-state index in [4.69, 9.17) is 0 Å². The maximum absolute atomic E-state index is 12.7. The van der Waals surface area contributed by atoms with E-state index in [2.05, 4.69) is 9.88 Å². The molecule has 2 atom stereocenters. The lowest BCUT2D eigenvalue weighted by molar-refractivity contribution is -0.142. The number of nitrogens with zero attached hydrogens (tertiary/aromatic N) is 4. The van der Waals surface area contributed by atoms with E-state index >= 15 is 0 Å². The molecule has 4 rings (SSSR count). The van der Waals surface area contributed by atoms with Crippen LogP contribution in [0.1, 0.15) is 37.7 Å². The predicted molar refractivity (Wildman–Crippen MR) is 99.8 cm³/mol. The number of aromatic nitrogens is 1. The van der Waals surface area contributed by atoms with E-state index in [1.807, 2.05) is 4.90 Å². The SMILES string of the molecule is O=C1[C@H]2CCCC[C@H]2C(=O)N1CN1CCCN(c2ccc(C(F)(F)F)cn2)CC1. The van der Waals surface area contributed by atoms with Crippen LogP contribution in [0.25, 0.3) is 0 Å². The minimum absolute atomic E-state index is 0.0368. The third-order valence-corrected chi connectivity index (χ3v) is 6.26. The van der Waals surface area contributed by atoms with Crippen LogP contribution in [-0.4, -0.2) is 59.4 Å². The van der Waals surface area contributed by atoms with Crippen molar-refractivity contribution in [2.75, 3.05) is 37.7 Å². The van der Waals surface area contributed by atoms with Gasteiger partial charge in [0.1, 0.15) is 5.82 Å². The number of fused-ring (bicyclic) bond motifs is 1. The lowest BCUT2D eigenvalue weighted by atomic mass is 9.81. The van der Waals surface area contributed by atoms with E-state index in [0.29, 0.717) is 32.1 Å². The van der Waals surface area contributed by atoms with Gasteiger partial charge in [-0.2, -0.15) is 13.2 Å². The smallest absolute Gasteiger partial charge is 0.355 e. The Hall–Kier alpha value is -2.16. The summed E-state index contributed by atoms with van der Waals surface area (Å²) in [6.45, 7) is 2.90. The first kappa shape index (κ1) is 20.1. The number of carbonyl (C=O) groups excluding carboxylic acids is 2. The van der Waals surface area contributed by atoms with Crippen molar-refractivity contribution < 1.29 is 22.8 Å². The molecule has 0 unspecified atom stereocenters. The minimum atomic E-state index is -4.40. The van der Waals surface area contributed by atoms with E-state index in [-0.39, 0.29) is 23.7 Å². The summed E-state index contributed by atoms with van der Waals surface area (Å²) in [4.78, 5) is 34.8. The molecule has 0 aromatic carbocycles. The van der Waals surface area contributed by atoms with Crippen molar-refractivity contribution in [3.63, 3.8) is 0 Å². The average molecular weight is 410 g/mol. The minimum Gasteiger partial charge on any atom is -0.355 e. The van der Waals surface area contributed by atoms with Crippen LogP contribution in [-0.2, 0) is 15.8 Å². The summed E-state index contributed by atoms with van der Waals surface area (Å²) in [6.07, 6.45) is 0.873. The number of hydrogen-bond acceptors (Lipinski definition) is 5. The molecular weight excluding hydrogens is 385 g/mol. The van der Waals surface area contributed by atoms with Gasteiger partial charge in [0, 0.05) is 32.4 Å². The normalized spacial score (nSPS) is 26.6. The number of rotatable bonds is 3. The van der Waals surface area contributed by atoms with Gasteiger partial charge >= 0.3 is 6.18 Å². The van der Waals surface area contributed by atoms with Crippen molar-refractivity contribution in [2.45, 2.75) is 38.3 Å². The summed E-state index contributed by atoms with van der Waals surface area (Å²) in [5.41, 5.74) is -0.759. The van der Waals surface area contributed by atoms with E-state index < -0.39 is 11.7 Å². The molecule has 0 bridgehead atoms. The van der Waals surface area contributed by atoms with Crippen LogP contribution in [0.3, 0.4) is 0 Å². The summed E-state index contributed by atoms with van der Waals surface area (Å²) in [6, 6.07) is 2.45. The van der Waals surface area contributed by atoms with Gasteiger partial charge in [-0.25, -0.2) is 4.98 Å². The monoisotopic (exact) mass is 410 g/mol. The molecule has 6 nitrogen and oxygen atoms in total. The molecule has 1 aromatic rings. The van der Waals surface area contributed by atoms with Crippen LogP contribution in [0.2, 0.25) is 0 Å². The first-order valence-corrected chi connectivity index (χ1v) is 10.2. The third-order valence-electron chi connectivity index (χ3n) is 6.26. The second kappa shape index (κ2) is 7.93. The van der Waals surface area contributed by atoms with Crippen LogP contribution >= 0.6 is 0 Å². The van der Waals surface area contributed by atoms with Gasteiger partial charge in [0.15, 0.2) is 0 Å². The molecule has 2 aliphatic heterocycles. The second-order valence-corrected chi connectivity index (χ2v) is 8.10. The van der Waals surface area contributed by atoms with Crippen molar-refractivity contribution in [1.29, 1.82) is 0 Å². The fourth-order valence-electron chi connectivity index (χ4n) is 4.65. The Labute approximate surface area is 167 Å². The van der Waals surface area contributed by atoms with Crippen LogP contribution in [0.4, 0.5) is 19.0 Å². The molecule has 1 aromatic heterocycles. The Bertz CT molecular complexity index is 744. The maximum Gasteiger partial charge on any atom is 0.417 e. The number of amides is 2. The number of pyridine rings is 1. The van der Waals surface area contributed by atoms with Crippen LogP contribution in [0, 0.1) is 11.8 Å². The molecule has 2 saturated heterocycles. The molecular formula is C20H25F3N4O2. The van der Waals surface area contributed by atoms with E-state index in [1.54, 1.807) is 0 Å². The van der Waals surface area contributed by atoms with Crippen LogP contribution in [0.5, 0.6) is 0 Å². The van der Waals surface area contributed by atoms with Gasteiger partial charge in [-0.05, 0) is 31.4 Å². The number of halogens is 3. The highest BCUT2D eigenvalue weighted by Crippen LogP contribution is 2.38. The van der Waals surface area contributed by atoms with Gasteiger partial charge in [0.2, 0.25) is 11.8 Å².